The van der Waals surface area contributed by atoms with E-state index in [1.807, 2.05) is 61.5 Å². The zero-order chi connectivity index (χ0) is 19.1. The summed E-state index contributed by atoms with van der Waals surface area (Å²) in [5.74, 6) is 1.18. The smallest absolute Gasteiger partial charge is 0.272 e. The number of rotatable bonds is 7. The van der Waals surface area contributed by atoms with Crippen molar-refractivity contribution in [1.82, 2.24) is 15.5 Å². The first-order valence-electron chi connectivity index (χ1n) is 8.72. The average Bonchev–Trinajstić information content (AvgIpc) is 2.73. The van der Waals surface area contributed by atoms with Gasteiger partial charge >= 0.3 is 0 Å². The molecule has 0 saturated heterocycles. The number of carbonyl (C=O) groups excluding carboxylic acids is 1. The van der Waals surface area contributed by atoms with Crippen molar-refractivity contribution in [2.75, 3.05) is 12.4 Å². The van der Waals surface area contributed by atoms with E-state index in [-0.39, 0.29) is 17.6 Å². The lowest BCUT2D eigenvalue weighted by atomic mass is 10.1. The molecule has 3 aromatic rings. The van der Waals surface area contributed by atoms with E-state index in [1.54, 1.807) is 19.2 Å². The fraction of sp³-hybridized carbons (Fsp3) is 0.190. The van der Waals surface area contributed by atoms with Gasteiger partial charge in [0.15, 0.2) is 5.69 Å². The molecule has 138 valence electrons. The summed E-state index contributed by atoms with van der Waals surface area (Å²) in [5.41, 5.74) is 2.42. The van der Waals surface area contributed by atoms with Crippen LogP contribution in [0.25, 0.3) is 0 Å². The summed E-state index contributed by atoms with van der Waals surface area (Å²) in [6, 6.07) is 20.9. The van der Waals surface area contributed by atoms with Crippen LogP contribution in [0, 0.1) is 0 Å². The van der Waals surface area contributed by atoms with E-state index in [1.165, 1.54) is 0 Å². The van der Waals surface area contributed by atoms with Crippen LogP contribution < -0.4 is 15.4 Å². The summed E-state index contributed by atoms with van der Waals surface area (Å²) in [5, 5.41) is 14.2. The van der Waals surface area contributed by atoms with Crippen LogP contribution in [0.5, 0.6) is 5.75 Å². The molecule has 27 heavy (non-hydrogen) atoms. The van der Waals surface area contributed by atoms with Crippen LogP contribution in [-0.4, -0.2) is 23.2 Å². The molecule has 1 unspecified atom stereocenters. The maximum absolute atomic E-state index is 12.3. The Labute approximate surface area is 158 Å². The number of ether oxygens (including phenoxy) is 1. The van der Waals surface area contributed by atoms with Gasteiger partial charge in [-0.05, 0) is 42.3 Å². The number of methoxy groups -OCH3 is 1. The number of nitrogens with one attached hydrogen (secondary N) is 2. The quantitative estimate of drug-likeness (QED) is 0.672. The fourth-order valence-electron chi connectivity index (χ4n) is 2.58. The Kier molecular flexibility index (Phi) is 5.99. The van der Waals surface area contributed by atoms with E-state index in [9.17, 15) is 4.79 Å². The Morgan fingerprint density at radius 3 is 2.37 bits per heavy atom. The van der Waals surface area contributed by atoms with Gasteiger partial charge < -0.3 is 15.4 Å². The second-order valence-corrected chi connectivity index (χ2v) is 6.11. The van der Waals surface area contributed by atoms with Crippen LogP contribution in [0.3, 0.4) is 0 Å². The van der Waals surface area contributed by atoms with E-state index in [0.29, 0.717) is 12.4 Å². The molecule has 3 rings (SSSR count). The number of hydrogen-bond donors (Lipinski definition) is 2. The molecule has 0 bridgehead atoms. The summed E-state index contributed by atoms with van der Waals surface area (Å²) >= 11 is 0. The van der Waals surface area contributed by atoms with E-state index in [2.05, 4.69) is 20.8 Å². The minimum atomic E-state index is -0.249. The Hall–Kier alpha value is -3.41. The molecular formula is C21H22N4O2. The molecule has 2 N–H and O–H groups in total. The molecule has 6 nitrogen and oxygen atoms in total. The van der Waals surface area contributed by atoms with Gasteiger partial charge in [0, 0.05) is 6.54 Å². The molecule has 0 fully saturated rings. The molecule has 0 aliphatic carbocycles. The Morgan fingerprint density at radius 1 is 1.00 bits per heavy atom. The number of benzene rings is 2. The number of nitrogens with zero attached hydrogens (tertiary/aromatic N) is 2. The monoisotopic (exact) mass is 362 g/mol. The Morgan fingerprint density at radius 2 is 1.74 bits per heavy atom. The van der Waals surface area contributed by atoms with Crippen LogP contribution in [0.4, 0.5) is 5.82 Å². The van der Waals surface area contributed by atoms with Crippen molar-refractivity contribution in [1.29, 1.82) is 0 Å². The summed E-state index contributed by atoms with van der Waals surface area (Å²) in [6.45, 7) is 2.54. The molecular weight excluding hydrogens is 340 g/mol. The van der Waals surface area contributed by atoms with Crippen LogP contribution >= 0.6 is 0 Å². The topological polar surface area (TPSA) is 76.1 Å². The van der Waals surface area contributed by atoms with Crippen LogP contribution in [0.1, 0.15) is 34.6 Å². The first kappa shape index (κ1) is 18.4. The minimum absolute atomic E-state index is 0.103. The Bertz CT molecular complexity index is 865. The van der Waals surface area contributed by atoms with E-state index in [4.69, 9.17) is 4.74 Å². The number of amides is 1. The second kappa shape index (κ2) is 8.80. The van der Waals surface area contributed by atoms with Crippen LogP contribution in [0.2, 0.25) is 0 Å². The van der Waals surface area contributed by atoms with Gasteiger partial charge in [0.25, 0.3) is 5.91 Å². The summed E-state index contributed by atoms with van der Waals surface area (Å²) < 4.78 is 5.14. The van der Waals surface area contributed by atoms with Crippen molar-refractivity contribution in [2.45, 2.75) is 19.5 Å². The van der Waals surface area contributed by atoms with Gasteiger partial charge in [-0.2, -0.15) is 0 Å². The van der Waals surface area contributed by atoms with Crippen molar-refractivity contribution in [3.8, 4) is 5.75 Å². The van der Waals surface area contributed by atoms with E-state index < -0.39 is 0 Å². The zero-order valence-corrected chi connectivity index (χ0v) is 15.3. The van der Waals surface area contributed by atoms with Crippen molar-refractivity contribution < 1.29 is 9.53 Å². The maximum Gasteiger partial charge on any atom is 0.272 e. The lowest BCUT2D eigenvalue weighted by Crippen LogP contribution is -2.27. The highest BCUT2D eigenvalue weighted by Gasteiger charge is 2.13. The van der Waals surface area contributed by atoms with Crippen molar-refractivity contribution in [3.63, 3.8) is 0 Å². The zero-order valence-electron chi connectivity index (χ0n) is 15.3. The molecule has 1 heterocycles. The van der Waals surface area contributed by atoms with Gasteiger partial charge in [-0.15, -0.1) is 10.2 Å². The highest BCUT2D eigenvalue weighted by atomic mass is 16.5. The van der Waals surface area contributed by atoms with E-state index in [0.717, 1.165) is 16.9 Å². The number of carbonyl (C=O) groups is 1. The lowest BCUT2D eigenvalue weighted by molar-refractivity contribution is 0.0934. The Balaban J connectivity index is 1.55. The number of anilines is 1. The predicted molar refractivity (Wildman–Crippen MR) is 105 cm³/mol. The molecule has 0 spiro atoms. The first-order chi connectivity index (χ1) is 13.2. The molecule has 2 aromatic carbocycles. The van der Waals surface area contributed by atoms with E-state index >= 15 is 0 Å². The molecule has 0 aliphatic heterocycles. The van der Waals surface area contributed by atoms with Gasteiger partial charge in [-0.1, -0.05) is 42.5 Å². The molecule has 0 aliphatic rings. The molecule has 1 amide bonds. The minimum Gasteiger partial charge on any atom is -0.497 e. The molecule has 1 atom stereocenters. The standard InChI is InChI=1S/C21H22N4O2/c1-15(17-6-4-3-5-7-17)23-21(26)19-12-13-20(25-24-19)22-14-16-8-10-18(27-2)11-9-16/h3-13,15H,14H2,1-2H3,(H,22,25)(H,23,26). The largest absolute Gasteiger partial charge is 0.497 e. The summed E-state index contributed by atoms with van der Waals surface area (Å²) in [7, 11) is 1.64. The normalized spacial score (nSPS) is 11.5. The third-order valence-corrected chi connectivity index (χ3v) is 4.18. The molecule has 0 saturated carbocycles. The fourth-order valence-corrected chi connectivity index (χ4v) is 2.58. The van der Waals surface area contributed by atoms with Crippen LogP contribution in [0.15, 0.2) is 66.7 Å². The van der Waals surface area contributed by atoms with Crippen molar-refractivity contribution >= 4 is 11.7 Å². The maximum atomic E-state index is 12.3. The molecule has 1 aromatic heterocycles. The van der Waals surface area contributed by atoms with Crippen molar-refractivity contribution in [2.24, 2.45) is 0 Å². The third-order valence-electron chi connectivity index (χ3n) is 4.18. The van der Waals surface area contributed by atoms with Gasteiger partial charge in [-0.3, -0.25) is 4.79 Å². The van der Waals surface area contributed by atoms with Crippen LogP contribution in [-0.2, 0) is 6.54 Å². The molecule has 6 heteroatoms. The number of aromatic nitrogens is 2. The van der Waals surface area contributed by atoms with Gasteiger partial charge in [0.2, 0.25) is 0 Å². The highest BCUT2D eigenvalue weighted by Crippen LogP contribution is 2.14. The first-order valence-corrected chi connectivity index (χ1v) is 8.72. The van der Waals surface area contributed by atoms with Crippen molar-refractivity contribution in [3.05, 3.63) is 83.6 Å². The predicted octanol–water partition coefficient (Wildman–Crippen LogP) is 3.59. The summed E-state index contributed by atoms with van der Waals surface area (Å²) in [4.78, 5) is 12.3. The average molecular weight is 362 g/mol. The summed E-state index contributed by atoms with van der Waals surface area (Å²) in [6.07, 6.45) is 0. The van der Waals surface area contributed by atoms with Gasteiger partial charge in [0.05, 0.1) is 13.2 Å². The SMILES string of the molecule is COc1ccc(CNc2ccc(C(=O)NC(C)c3ccccc3)nn2)cc1. The number of hydrogen-bond acceptors (Lipinski definition) is 5. The van der Waals surface area contributed by atoms with Gasteiger partial charge in [0.1, 0.15) is 11.6 Å². The highest BCUT2D eigenvalue weighted by molar-refractivity contribution is 5.92. The molecule has 0 radical (unpaired) electrons. The third kappa shape index (κ3) is 5.04. The second-order valence-electron chi connectivity index (χ2n) is 6.11. The lowest BCUT2D eigenvalue weighted by Gasteiger charge is -2.13. The van der Waals surface area contributed by atoms with Gasteiger partial charge in [-0.25, -0.2) is 0 Å².